The van der Waals surface area contributed by atoms with Gasteiger partial charge in [-0.1, -0.05) is 19.3 Å². The lowest BCUT2D eigenvalue weighted by Crippen LogP contribution is -2.30. The van der Waals surface area contributed by atoms with Crippen LogP contribution in [-0.2, 0) is 26.1 Å². The summed E-state index contributed by atoms with van der Waals surface area (Å²) in [5.41, 5.74) is -7.29. The number of hydrogen-bond donors (Lipinski definition) is 0. The molecule has 0 bridgehead atoms. The van der Waals surface area contributed by atoms with Crippen LogP contribution in [0.1, 0.15) is 53.0 Å². The summed E-state index contributed by atoms with van der Waals surface area (Å²) in [6, 6.07) is 0. The quantitative estimate of drug-likeness (QED) is 0.385. The van der Waals surface area contributed by atoms with E-state index in [1.165, 1.54) is 0 Å². The Hall–Kier alpha value is -2.31. The fourth-order valence-electron chi connectivity index (χ4n) is 2.95. The van der Waals surface area contributed by atoms with Crippen LogP contribution in [0.2, 0.25) is 0 Å². The maximum absolute atomic E-state index is 12.8. The van der Waals surface area contributed by atoms with Gasteiger partial charge in [0.15, 0.2) is 11.3 Å². The average Bonchev–Trinajstić information content (AvgIpc) is 2.97. The Bertz CT molecular complexity index is 843. The molecule has 0 unspecified atom stereocenters. The SMILES string of the molecule is COC(=O)c1nn(CC2CCCCC2)c(OS(=O)(=O)C(F)(F)F)c1C(=O)OC. The molecular weight excluding hydrogens is 409 g/mol. The van der Waals surface area contributed by atoms with Crippen LogP contribution in [0.3, 0.4) is 0 Å². The lowest BCUT2D eigenvalue weighted by molar-refractivity contribution is -0.0503. The molecule has 1 aliphatic carbocycles. The Balaban J connectivity index is 2.59. The van der Waals surface area contributed by atoms with Crippen LogP contribution in [0.5, 0.6) is 5.88 Å². The molecule has 158 valence electrons. The maximum atomic E-state index is 12.8. The molecular formula is C15H19F3N2O7S. The second kappa shape index (κ2) is 8.37. The molecule has 0 aromatic carbocycles. The largest absolute Gasteiger partial charge is 0.534 e. The van der Waals surface area contributed by atoms with Crippen molar-refractivity contribution < 1.29 is 44.8 Å². The number of rotatable bonds is 6. The van der Waals surface area contributed by atoms with Gasteiger partial charge < -0.3 is 13.7 Å². The van der Waals surface area contributed by atoms with Crippen molar-refractivity contribution in [3.05, 3.63) is 11.3 Å². The highest BCUT2D eigenvalue weighted by Gasteiger charge is 2.50. The number of esters is 2. The maximum Gasteiger partial charge on any atom is 0.534 e. The van der Waals surface area contributed by atoms with Crippen LogP contribution in [-0.4, -0.2) is 49.9 Å². The first-order valence-electron chi connectivity index (χ1n) is 8.30. The number of aromatic nitrogens is 2. The van der Waals surface area contributed by atoms with Gasteiger partial charge in [-0.05, 0) is 18.8 Å². The first kappa shape index (κ1) is 22.0. The molecule has 0 spiro atoms. The van der Waals surface area contributed by atoms with E-state index in [4.69, 9.17) is 0 Å². The summed E-state index contributed by atoms with van der Waals surface area (Å²) in [7, 11) is -4.24. The minimum Gasteiger partial charge on any atom is -0.465 e. The summed E-state index contributed by atoms with van der Waals surface area (Å²) >= 11 is 0. The van der Waals surface area contributed by atoms with Crippen molar-refractivity contribution in [1.82, 2.24) is 9.78 Å². The van der Waals surface area contributed by atoms with E-state index < -0.39 is 44.7 Å². The van der Waals surface area contributed by atoms with Gasteiger partial charge in [-0.3, -0.25) is 0 Å². The van der Waals surface area contributed by atoms with Crippen molar-refractivity contribution in [3.63, 3.8) is 0 Å². The summed E-state index contributed by atoms with van der Waals surface area (Å²) in [5, 5.41) is 3.79. The third-order valence-corrected chi connectivity index (χ3v) is 5.25. The van der Waals surface area contributed by atoms with E-state index in [0.29, 0.717) is 0 Å². The molecule has 0 saturated heterocycles. The molecule has 0 aliphatic heterocycles. The molecule has 1 fully saturated rings. The van der Waals surface area contributed by atoms with Crippen molar-refractivity contribution >= 4 is 22.1 Å². The van der Waals surface area contributed by atoms with E-state index in [2.05, 4.69) is 18.8 Å². The number of ether oxygens (including phenoxy) is 2. The fraction of sp³-hybridized carbons (Fsp3) is 0.667. The van der Waals surface area contributed by atoms with Crippen LogP contribution in [0.25, 0.3) is 0 Å². The topological polar surface area (TPSA) is 114 Å². The third kappa shape index (κ3) is 4.56. The van der Waals surface area contributed by atoms with Crippen LogP contribution >= 0.6 is 0 Å². The molecule has 13 heteroatoms. The Morgan fingerprint density at radius 1 is 1.11 bits per heavy atom. The van der Waals surface area contributed by atoms with Gasteiger partial charge in [0.1, 0.15) is 0 Å². The van der Waals surface area contributed by atoms with E-state index in [1.54, 1.807) is 0 Å². The number of nitrogens with zero attached hydrogens (tertiary/aromatic N) is 2. The van der Waals surface area contributed by atoms with Crippen LogP contribution in [0, 0.1) is 5.92 Å². The zero-order valence-electron chi connectivity index (χ0n) is 15.1. The number of halogens is 3. The first-order chi connectivity index (χ1) is 13.0. The molecule has 1 aromatic heterocycles. The molecule has 1 aromatic rings. The summed E-state index contributed by atoms with van der Waals surface area (Å²) in [4.78, 5) is 24.0. The van der Waals surface area contributed by atoms with Crippen molar-refractivity contribution in [2.45, 2.75) is 44.2 Å². The lowest BCUT2D eigenvalue weighted by atomic mass is 9.89. The predicted molar refractivity (Wildman–Crippen MR) is 87.1 cm³/mol. The Morgan fingerprint density at radius 3 is 2.18 bits per heavy atom. The number of carbonyl (C=O) groups excluding carboxylic acids is 2. The van der Waals surface area contributed by atoms with E-state index in [9.17, 15) is 31.2 Å². The van der Waals surface area contributed by atoms with E-state index >= 15 is 0 Å². The standard InChI is InChI=1S/C15H19F3N2O7S/c1-25-13(21)10-11(14(22)26-2)19-20(8-9-6-4-3-5-7-9)12(10)27-28(23,24)15(16,17)18/h9H,3-8H2,1-2H3. The second-order valence-electron chi connectivity index (χ2n) is 6.18. The molecule has 9 nitrogen and oxygen atoms in total. The second-order valence-corrected chi connectivity index (χ2v) is 7.72. The number of hydrogen-bond acceptors (Lipinski definition) is 8. The van der Waals surface area contributed by atoms with Gasteiger partial charge in [0.2, 0.25) is 5.88 Å². The van der Waals surface area contributed by atoms with Crippen LogP contribution < -0.4 is 4.18 Å². The van der Waals surface area contributed by atoms with E-state index in [1.807, 2.05) is 0 Å². The summed E-state index contributed by atoms with van der Waals surface area (Å²) in [6.07, 6.45) is 4.23. The van der Waals surface area contributed by atoms with Crippen LogP contribution in [0.4, 0.5) is 13.2 Å². The molecule has 1 heterocycles. The molecule has 28 heavy (non-hydrogen) atoms. The Labute approximate surface area is 158 Å². The monoisotopic (exact) mass is 428 g/mol. The van der Waals surface area contributed by atoms with Gasteiger partial charge >= 0.3 is 27.6 Å². The zero-order chi connectivity index (χ0) is 21.1. The van der Waals surface area contributed by atoms with Gasteiger partial charge in [0.05, 0.1) is 14.2 Å². The van der Waals surface area contributed by atoms with E-state index in [0.717, 1.165) is 51.0 Å². The minimum absolute atomic E-state index is 0.0380. The molecule has 0 radical (unpaired) electrons. The number of methoxy groups -OCH3 is 2. The average molecular weight is 428 g/mol. The van der Waals surface area contributed by atoms with Gasteiger partial charge in [-0.2, -0.15) is 26.7 Å². The van der Waals surface area contributed by atoms with Crippen molar-refractivity contribution in [2.75, 3.05) is 14.2 Å². The zero-order valence-corrected chi connectivity index (χ0v) is 15.9. The molecule has 1 aliphatic rings. The fourth-order valence-corrected chi connectivity index (χ4v) is 3.42. The number of carbonyl (C=O) groups is 2. The Morgan fingerprint density at radius 2 is 1.68 bits per heavy atom. The minimum atomic E-state index is -6.12. The van der Waals surface area contributed by atoms with Gasteiger partial charge in [-0.25, -0.2) is 14.3 Å². The number of alkyl halides is 3. The first-order valence-corrected chi connectivity index (χ1v) is 9.70. The highest BCUT2D eigenvalue weighted by molar-refractivity contribution is 7.88. The van der Waals surface area contributed by atoms with Crippen molar-refractivity contribution in [1.29, 1.82) is 0 Å². The molecule has 0 atom stereocenters. The normalized spacial score (nSPS) is 15.9. The highest BCUT2D eigenvalue weighted by Crippen LogP contribution is 2.33. The van der Waals surface area contributed by atoms with Crippen molar-refractivity contribution in [2.24, 2.45) is 5.92 Å². The molecule has 0 amide bonds. The Kier molecular flexibility index (Phi) is 6.57. The summed E-state index contributed by atoms with van der Waals surface area (Å²) < 4.78 is 75.4. The lowest BCUT2D eigenvalue weighted by Gasteiger charge is -2.22. The predicted octanol–water partition coefficient (Wildman–Crippen LogP) is 2.27. The van der Waals surface area contributed by atoms with Crippen molar-refractivity contribution in [3.8, 4) is 5.88 Å². The smallest absolute Gasteiger partial charge is 0.465 e. The van der Waals surface area contributed by atoms with Gasteiger partial charge in [-0.15, -0.1) is 0 Å². The summed E-state index contributed by atoms with van der Waals surface area (Å²) in [5.74, 6) is -3.52. The molecule has 0 N–H and O–H groups in total. The van der Waals surface area contributed by atoms with Gasteiger partial charge in [0.25, 0.3) is 0 Å². The van der Waals surface area contributed by atoms with Gasteiger partial charge in [0, 0.05) is 6.54 Å². The third-order valence-electron chi connectivity index (χ3n) is 4.30. The summed E-state index contributed by atoms with van der Waals surface area (Å²) in [6.45, 7) is -0.0380. The van der Waals surface area contributed by atoms with Crippen LogP contribution in [0.15, 0.2) is 0 Å². The molecule has 1 saturated carbocycles. The molecule has 2 rings (SSSR count). The van der Waals surface area contributed by atoms with E-state index in [-0.39, 0.29) is 12.5 Å². The highest BCUT2D eigenvalue weighted by atomic mass is 32.2.